The van der Waals surface area contributed by atoms with Crippen LogP contribution in [0.1, 0.15) is 5.56 Å². The monoisotopic (exact) mass is 310 g/mol. The number of carbonyl (C=O) groups is 1. The smallest absolute Gasteiger partial charge is 0.267 e. The second-order valence-electron chi connectivity index (χ2n) is 5.37. The lowest BCUT2D eigenvalue weighted by Crippen LogP contribution is -2.47. The number of aromatic nitrogens is 2. The highest BCUT2D eigenvalue weighted by atomic mass is 16.5. The van der Waals surface area contributed by atoms with Crippen LogP contribution in [-0.4, -0.2) is 26.5 Å². The summed E-state index contributed by atoms with van der Waals surface area (Å²) in [5.74, 6) is 0.714. The van der Waals surface area contributed by atoms with Crippen LogP contribution in [0.3, 0.4) is 0 Å². The average Bonchev–Trinajstić information content (AvgIpc) is 3.02. The van der Waals surface area contributed by atoms with E-state index in [-0.39, 0.29) is 0 Å². The summed E-state index contributed by atoms with van der Waals surface area (Å²) in [6, 6.07) is 9.95. The number of rotatable bonds is 2. The van der Waals surface area contributed by atoms with Gasteiger partial charge in [-0.05, 0) is 42.3 Å². The van der Waals surface area contributed by atoms with E-state index in [0.717, 1.165) is 11.2 Å². The first-order valence-corrected chi connectivity index (χ1v) is 7.15. The van der Waals surface area contributed by atoms with Crippen molar-refractivity contribution >= 4 is 17.2 Å². The molecule has 0 spiro atoms. The summed E-state index contributed by atoms with van der Waals surface area (Å²) in [6.45, 7) is 0. The van der Waals surface area contributed by atoms with Crippen molar-refractivity contribution in [3.8, 4) is 11.6 Å². The quantitative estimate of drug-likeness (QED) is 0.703. The highest BCUT2D eigenvalue weighted by molar-refractivity contribution is 5.98. The number of anilines is 1. The minimum absolute atomic E-state index is 0.359. The normalized spacial score (nSPS) is 17.4. The number of hydrogen-bond acceptors (Lipinski definition) is 5. The van der Waals surface area contributed by atoms with Gasteiger partial charge < -0.3 is 10.5 Å². The SMILES string of the molecule is NC1Cc2cc(Oc3cccc4nccn34)ccc2N(O)C1=O. The molecule has 3 N–H and O–H groups in total. The largest absolute Gasteiger partial charge is 0.440 e. The average molecular weight is 310 g/mol. The van der Waals surface area contributed by atoms with Crippen molar-refractivity contribution in [3.63, 3.8) is 0 Å². The van der Waals surface area contributed by atoms with Gasteiger partial charge in [-0.25, -0.2) is 4.98 Å². The van der Waals surface area contributed by atoms with E-state index in [0.29, 0.717) is 28.8 Å². The van der Waals surface area contributed by atoms with E-state index in [2.05, 4.69) is 4.98 Å². The topological polar surface area (TPSA) is 93.1 Å². The van der Waals surface area contributed by atoms with Crippen LogP contribution in [-0.2, 0) is 11.2 Å². The van der Waals surface area contributed by atoms with Crippen LogP contribution >= 0.6 is 0 Å². The zero-order chi connectivity index (χ0) is 16.0. The molecular weight excluding hydrogens is 296 g/mol. The fourth-order valence-electron chi connectivity index (χ4n) is 2.72. The number of hydroxylamine groups is 1. The maximum atomic E-state index is 11.7. The number of nitrogens with zero attached hydrogens (tertiary/aromatic N) is 3. The van der Waals surface area contributed by atoms with Crippen molar-refractivity contribution in [1.82, 2.24) is 9.38 Å². The van der Waals surface area contributed by atoms with Gasteiger partial charge in [-0.3, -0.25) is 14.4 Å². The Morgan fingerprint density at radius 1 is 1.30 bits per heavy atom. The maximum absolute atomic E-state index is 11.7. The highest BCUT2D eigenvalue weighted by Gasteiger charge is 2.29. The van der Waals surface area contributed by atoms with Gasteiger partial charge in [0, 0.05) is 12.4 Å². The Morgan fingerprint density at radius 3 is 3.04 bits per heavy atom. The fourth-order valence-corrected chi connectivity index (χ4v) is 2.72. The van der Waals surface area contributed by atoms with E-state index in [4.69, 9.17) is 10.5 Å². The van der Waals surface area contributed by atoms with E-state index in [9.17, 15) is 10.0 Å². The molecule has 0 fully saturated rings. The lowest BCUT2D eigenvalue weighted by Gasteiger charge is -2.27. The molecule has 7 heteroatoms. The number of hydrogen-bond donors (Lipinski definition) is 2. The molecule has 23 heavy (non-hydrogen) atoms. The molecule has 1 aliphatic rings. The van der Waals surface area contributed by atoms with Gasteiger partial charge in [0.15, 0.2) is 0 Å². The first-order valence-electron chi connectivity index (χ1n) is 7.15. The third-order valence-electron chi connectivity index (χ3n) is 3.86. The van der Waals surface area contributed by atoms with Gasteiger partial charge in [-0.15, -0.1) is 0 Å². The maximum Gasteiger partial charge on any atom is 0.267 e. The van der Waals surface area contributed by atoms with E-state index in [1.54, 1.807) is 24.4 Å². The first-order chi connectivity index (χ1) is 11.1. The Labute approximate surface area is 131 Å². The van der Waals surface area contributed by atoms with Gasteiger partial charge in [0.25, 0.3) is 5.91 Å². The Morgan fingerprint density at radius 2 is 2.17 bits per heavy atom. The van der Waals surface area contributed by atoms with Crippen LogP contribution in [0.4, 0.5) is 5.69 Å². The number of fused-ring (bicyclic) bond motifs is 2. The van der Waals surface area contributed by atoms with Crippen molar-refractivity contribution in [1.29, 1.82) is 0 Å². The highest BCUT2D eigenvalue weighted by Crippen LogP contribution is 2.31. The molecule has 3 aromatic rings. The molecule has 0 saturated heterocycles. The van der Waals surface area contributed by atoms with Gasteiger partial charge in [0.2, 0.25) is 5.88 Å². The Kier molecular flexibility index (Phi) is 3.03. The molecule has 1 amide bonds. The van der Waals surface area contributed by atoms with E-state index < -0.39 is 11.9 Å². The number of carbonyl (C=O) groups excluding carboxylic acids is 1. The number of imidazole rings is 1. The van der Waals surface area contributed by atoms with Crippen molar-refractivity contribution < 1.29 is 14.7 Å². The molecule has 0 bridgehead atoms. The third kappa shape index (κ3) is 2.23. The second kappa shape index (κ2) is 5.08. The lowest BCUT2D eigenvalue weighted by atomic mass is 9.99. The molecule has 7 nitrogen and oxygen atoms in total. The molecule has 2 aromatic heterocycles. The standard InChI is InChI=1S/C16H14N4O3/c17-12-9-10-8-11(4-5-13(10)20(22)16(12)21)23-15-3-1-2-14-18-6-7-19(14)15/h1-8,12,22H,9,17H2. The molecule has 1 unspecified atom stereocenters. The molecule has 0 aliphatic carbocycles. The zero-order valence-corrected chi connectivity index (χ0v) is 12.1. The molecule has 4 rings (SSSR count). The minimum Gasteiger partial charge on any atom is -0.440 e. The molecule has 1 atom stereocenters. The minimum atomic E-state index is -0.750. The Hall–Kier alpha value is -2.90. The molecular formula is C16H14N4O3. The summed E-state index contributed by atoms with van der Waals surface area (Å²) in [4.78, 5) is 15.9. The molecule has 1 aromatic carbocycles. The van der Waals surface area contributed by atoms with Crippen molar-refractivity contribution in [3.05, 3.63) is 54.4 Å². The van der Waals surface area contributed by atoms with Gasteiger partial charge in [-0.1, -0.05) is 6.07 Å². The van der Waals surface area contributed by atoms with Crippen LogP contribution in [0, 0.1) is 0 Å². The zero-order valence-electron chi connectivity index (χ0n) is 12.1. The van der Waals surface area contributed by atoms with E-state index in [1.807, 2.05) is 28.8 Å². The number of ether oxygens (including phenoxy) is 1. The fraction of sp³-hybridized carbons (Fsp3) is 0.125. The van der Waals surface area contributed by atoms with Crippen molar-refractivity contribution in [2.24, 2.45) is 5.73 Å². The van der Waals surface area contributed by atoms with E-state index >= 15 is 0 Å². The lowest BCUT2D eigenvalue weighted by molar-refractivity contribution is -0.125. The predicted octanol–water partition coefficient (Wildman–Crippen LogP) is 1.73. The van der Waals surface area contributed by atoms with Crippen LogP contribution in [0.15, 0.2) is 48.8 Å². The van der Waals surface area contributed by atoms with E-state index in [1.165, 1.54) is 0 Å². The summed E-state index contributed by atoms with van der Waals surface area (Å²) in [5.41, 5.74) is 7.72. The summed E-state index contributed by atoms with van der Waals surface area (Å²) < 4.78 is 7.74. The molecule has 3 heterocycles. The van der Waals surface area contributed by atoms with Crippen LogP contribution < -0.4 is 15.5 Å². The van der Waals surface area contributed by atoms with Crippen LogP contribution in [0.25, 0.3) is 5.65 Å². The van der Waals surface area contributed by atoms with Crippen molar-refractivity contribution in [2.75, 3.05) is 5.06 Å². The molecule has 0 saturated carbocycles. The third-order valence-corrected chi connectivity index (χ3v) is 3.86. The Bertz CT molecular complexity index is 905. The van der Waals surface area contributed by atoms with Crippen molar-refractivity contribution in [2.45, 2.75) is 12.5 Å². The van der Waals surface area contributed by atoms with Crippen LogP contribution in [0.5, 0.6) is 11.6 Å². The number of nitrogens with two attached hydrogens (primary N) is 1. The van der Waals surface area contributed by atoms with Gasteiger partial charge in [-0.2, -0.15) is 5.06 Å². The first kappa shape index (κ1) is 13.7. The second-order valence-corrected chi connectivity index (χ2v) is 5.37. The van der Waals surface area contributed by atoms with Gasteiger partial charge in [0.1, 0.15) is 11.4 Å². The number of pyridine rings is 1. The molecule has 116 valence electrons. The predicted molar refractivity (Wildman–Crippen MR) is 82.7 cm³/mol. The summed E-state index contributed by atoms with van der Waals surface area (Å²) in [5, 5.41) is 10.4. The van der Waals surface area contributed by atoms with Gasteiger partial charge >= 0.3 is 0 Å². The van der Waals surface area contributed by atoms with Gasteiger partial charge in [0.05, 0.1) is 11.7 Å². The number of benzene rings is 1. The summed E-state index contributed by atoms with van der Waals surface area (Å²) >= 11 is 0. The van der Waals surface area contributed by atoms with Crippen LogP contribution in [0.2, 0.25) is 0 Å². The number of amides is 1. The summed E-state index contributed by atoms with van der Waals surface area (Å²) in [6.07, 6.45) is 3.87. The Balaban J connectivity index is 1.70. The molecule has 1 aliphatic heterocycles. The summed E-state index contributed by atoms with van der Waals surface area (Å²) in [7, 11) is 0. The molecule has 0 radical (unpaired) electrons.